The molecule has 1 heterocycles. The SMILES string of the molecule is Cc1cc(N(C)C)nc(Nc2ccc(NC(=O)/C=C/c3ccccc3)cc2)n1. The number of anilines is 4. The summed E-state index contributed by atoms with van der Waals surface area (Å²) in [6, 6.07) is 19.0. The summed E-state index contributed by atoms with van der Waals surface area (Å²) in [5.74, 6) is 1.19. The van der Waals surface area contributed by atoms with E-state index < -0.39 is 0 Å². The van der Waals surface area contributed by atoms with Gasteiger partial charge in [0.05, 0.1) is 0 Å². The van der Waals surface area contributed by atoms with E-state index >= 15 is 0 Å². The minimum absolute atomic E-state index is 0.179. The van der Waals surface area contributed by atoms with Gasteiger partial charge in [0.15, 0.2) is 0 Å². The lowest BCUT2D eigenvalue weighted by molar-refractivity contribution is -0.111. The number of aromatic nitrogens is 2. The molecular weight excluding hydrogens is 350 g/mol. The van der Waals surface area contributed by atoms with E-state index in [0.717, 1.165) is 22.8 Å². The van der Waals surface area contributed by atoms with Crippen LogP contribution in [0.15, 0.2) is 66.7 Å². The van der Waals surface area contributed by atoms with Crippen LogP contribution in [0.4, 0.5) is 23.1 Å². The summed E-state index contributed by atoms with van der Waals surface area (Å²) in [5.41, 5.74) is 3.42. The Balaban J connectivity index is 1.62. The molecule has 6 nitrogen and oxygen atoms in total. The summed E-state index contributed by atoms with van der Waals surface area (Å²) in [5, 5.41) is 6.04. The number of aryl methyl sites for hydroxylation is 1. The number of nitrogens with zero attached hydrogens (tertiary/aromatic N) is 3. The Hall–Kier alpha value is -3.67. The van der Waals surface area contributed by atoms with Crippen LogP contribution in [0, 0.1) is 6.92 Å². The Morgan fingerprint density at radius 2 is 1.64 bits per heavy atom. The van der Waals surface area contributed by atoms with Gasteiger partial charge in [-0.3, -0.25) is 4.79 Å². The predicted octanol–water partition coefficient (Wildman–Crippen LogP) is 4.25. The second-order valence-corrected chi connectivity index (χ2v) is 6.52. The number of hydrogen-bond acceptors (Lipinski definition) is 5. The molecule has 1 amide bonds. The highest BCUT2D eigenvalue weighted by atomic mass is 16.1. The van der Waals surface area contributed by atoms with Gasteiger partial charge in [-0.2, -0.15) is 4.98 Å². The lowest BCUT2D eigenvalue weighted by atomic mass is 10.2. The molecule has 142 valence electrons. The Morgan fingerprint density at radius 3 is 2.32 bits per heavy atom. The van der Waals surface area contributed by atoms with Crippen molar-refractivity contribution in [3.8, 4) is 0 Å². The zero-order valence-corrected chi connectivity index (χ0v) is 16.2. The molecule has 0 aliphatic carbocycles. The number of carbonyl (C=O) groups excluding carboxylic acids is 1. The zero-order chi connectivity index (χ0) is 19.9. The molecule has 0 spiro atoms. The molecule has 0 saturated heterocycles. The first-order valence-corrected chi connectivity index (χ1v) is 8.94. The second-order valence-electron chi connectivity index (χ2n) is 6.52. The van der Waals surface area contributed by atoms with E-state index in [0.29, 0.717) is 11.6 Å². The standard InChI is InChI=1S/C22H23N5O/c1-16-15-20(27(2)3)26-22(23-16)25-19-12-10-18(11-13-19)24-21(28)14-9-17-7-5-4-6-8-17/h4-15H,1-3H3,(H,24,28)(H,23,25,26)/b14-9+. The maximum absolute atomic E-state index is 12.1. The van der Waals surface area contributed by atoms with E-state index in [4.69, 9.17) is 0 Å². The van der Waals surface area contributed by atoms with Crippen molar-refractivity contribution in [3.63, 3.8) is 0 Å². The Kier molecular flexibility index (Phi) is 6.01. The number of rotatable bonds is 6. The van der Waals surface area contributed by atoms with E-state index in [9.17, 15) is 4.79 Å². The number of nitrogens with one attached hydrogen (secondary N) is 2. The molecule has 0 radical (unpaired) electrons. The number of amides is 1. The summed E-state index contributed by atoms with van der Waals surface area (Å²) >= 11 is 0. The smallest absolute Gasteiger partial charge is 0.248 e. The van der Waals surface area contributed by atoms with Crippen LogP contribution in [0.1, 0.15) is 11.3 Å². The van der Waals surface area contributed by atoms with Gasteiger partial charge in [0.2, 0.25) is 11.9 Å². The largest absolute Gasteiger partial charge is 0.363 e. The van der Waals surface area contributed by atoms with Gasteiger partial charge < -0.3 is 15.5 Å². The monoisotopic (exact) mass is 373 g/mol. The van der Waals surface area contributed by atoms with Crippen LogP contribution in [-0.2, 0) is 4.79 Å². The maximum Gasteiger partial charge on any atom is 0.248 e. The Labute approximate surface area is 165 Å². The van der Waals surface area contributed by atoms with E-state index in [1.54, 1.807) is 6.08 Å². The van der Waals surface area contributed by atoms with Gasteiger partial charge in [-0.05, 0) is 42.8 Å². The Bertz CT molecular complexity index is 966. The summed E-state index contributed by atoms with van der Waals surface area (Å²) in [4.78, 5) is 22.9. The number of carbonyl (C=O) groups is 1. The van der Waals surface area contributed by atoms with E-state index in [2.05, 4.69) is 20.6 Å². The van der Waals surface area contributed by atoms with Crippen LogP contribution in [-0.4, -0.2) is 30.0 Å². The van der Waals surface area contributed by atoms with Crippen LogP contribution in [0.5, 0.6) is 0 Å². The quantitative estimate of drug-likeness (QED) is 0.632. The molecule has 3 rings (SSSR count). The normalized spacial score (nSPS) is 10.7. The van der Waals surface area contributed by atoms with Crippen molar-refractivity contribution in [2.75, 3.05) is 29.6 Å². The zero-order valence-electron chi connectivity index (χ0n) is 16.2. The predicted molar refractivity (Wildman–Crippen MR) is 115 cm³/mol. The number of benzene rings is 2. The summed E-state index contributed by atoms with van der Waals surface area (Å²) in [6.45, 7) is 1.93. The number of hydrogen-bond donors (Lipinski definition) is 2. The summed E-state index contributed by atoms with van der Waals surface area (Å²) < 4.78 is 0. The molecule has 0 aliphatic heterocycles. The lowest BCUT2D eigenvalue weighted by Gasteiger charge is -2.14. The van der Waals surface area contributed by atoms with E-state index in [-0.39, 0.29) is 5.91 Å². The van der Waals surface area contributed by atoms with Gasteiger partial charge in [0.1, 0.15) is 5.82 Å². The van der Waals surface area contributed by atoms with Crippen LogP contribution < -0.4 is 15.5 Å². The minimum atomic E-state index is -0.179. The van der Waals surface area contributed by atoms with Gasteiger partial charge in [0, 0.05) is 43.3 Å². The molecule has 0 fully saturated rings. The van der Waals surface area contributed by atoms with Crippen LogP contribution >= 0.6 is 0 Å². The average molecular weight is 373 g/mol. The van der Waals surface area contributed by atoms with Gasteiger partial charge in [-0.15, -0.1) is 0 Å². The van der Waals surface area contributed by atoms with Gasteiger partial charge >= 0.3 is 0 Å². The topological polar surface area (TPSA) is 70.2 Å². The second kappa shape index (κ2) is 8.81. The third-order valence-electron chi connectivity index (χ3n) is 3.93. The molecule has 2 N–H and O–H groups in total. The van der Waals surface area contributed by atoms with Crippen LogP contribution in [0.3, 0.4) is 0 Å². The first-order chi connectivity index (χ1) is 13.5. The van der Waals surface area contributed by atoms with Gasteiger partial charge in [-0.1, -0.05) is 30.3 Å². The average Bonchev–Trinajstić information content (AvgIpc) is 2.68. The molecule has 0 unspecified atom stereocenters. The van der Waals surface area contributed by atoms with Crippen molar-refractivity contribution in [1.29, 1.82) is 0 Å². The fourth-order valence-corrected chi connectivity index (χ4v) is 2.52. The van der Waals surface area contributed by atoms with Crippen molar-refractivity contribution >= 4 is 35.1 Å². The summed E-state index contributed by atoms with van der Waals surface area (Å²) in [7, 11) is 3.88. The fourth-order valence-electron chi connectivity index (χ4n) is 2.52. The molecule has 6 heteroatoms. The van der Waals surface area contributed by atoms with Crippen molar-refractivity contribution in [2.24, 2.45) is 0 Å². The molecule has 0 atom stereocenters. The van der Waals surface area contributed by atoms with Gasteiger partial charge in [-0.25, -0.2) is 4.98 Å². The minimum Gasteiger partial charge on any atom is -0.363 e. The first kappa shape index (κ1) is 19.1. The highest BCUT2D eigenvalue weighted by Crippen LogP contribution is 2.19. The highest BCUT2D eigenvalue weighted by molar-refractivity contribution is 6.02. The first-order valence-electron chi connectivity index (χ1n) is 8.94. The molecule has 0 saturated carbocycles. The fraction of sp³-hybridized carbons (Fsp3) is 0.136. The molecule has 28 heavy (non-hydrogen) atoms. The molecule has 3 aromatic rings. The van der Waals surface area contributed by atoms with Gasteiger partial charge in [0.25, 0.3) is 0 Å². The third kappa shape index (κ3) is 5.41. The highest BCUT2D eigenvalue weighted by Gasteiger charge is 2.05. The third-order valence-corrected chi connectivity index (χ3v) is 3.93. The van der Waals surface area contributed by atoms with Crippen LogP contribution in [0.25, 0.3) is 6.08 Å². The Morgan fingerprint density at radius 1 is 0.964 bits per heavy atom. The molecule has 0 bridgehead atoms. The van der Waals surface area contributed by atoms with Crippen molar-refractivity contribution in [1.82, 2.24) is 9.97 Å². The summed E-state index contributed by atoms with van der Waals surface area (Å²) in [6.07, 6.45) is 3.30. The maximum atomic E-state index is 12.1. The van der Waals surface area contributed by atoms with Crippen molar-refractivity contribution < 1.29 is 4.79 Å². The van der Waals surface area contributed by atoms with E-state index in [1.165, 1.54) is 6.08 Å². The van der Waals surface area contributed by atoms with Crippen molar-refractivity contribution in [2.45, 2.75) is 6.92 Å². The molecule has 2 aromatic carbocycles. The molecule has 0 aliphatic rings. The molecule has 1 aromatic heterocycles. The van der Waals surface area contributed by atoms with Crippen LogP contribution in [0.2, 0.25) is 0 Å². The van der Waals surface area contributed by atoms with Crippen molar-refractivity contribution in [3.05, 3.63) is 78.0 Å². The van der Waals surface area contributed by atoms with E-state index in [1.807, 2.05) is 86.6 Å². The lowest BCUT2D eigenvalue weighted by Crippen LogP contribution is -2.12. The molecular formula is C22H23N5O.